The van der Waals surface area contributed by atoms with E-state index in [0.29, 0.717) is 0 Å². The second kappa shape index (κ2) is 5.25. The predicted octanol–water partition coefficient (Wildman–Crippen LogP) is 1.40. The molecule has 0 bridgehead atoms. The molecule has 0 amide bonds. The second-order valence-corrected chi connectivity index (χ2v) is 6.87. The molecular formula is C14H29N3. The summed E-state index contributed by atoms with van der Waals surface area (Å²) < 4.78 is 0. The van der Waals surface area contributed by atoms with E-state index in [1.807, 2.05) is 0 Å². The van der Waals surface area contributed by atoms with Gasteiger partial charge in [-0.3, -0.25) is 4.90 Å². The van der Waals surface area contributed by atoms with E-state index in [0.717, 1.165) is 12.0 Å². The van der Waals surface area contributed by atoms with Crippen LogP contribution in [0.2, 0.25) is 0 Å². The van der Waals surface area contributed by atoms with Gasteiger partial charge in [0, 0.05) is 37.8 Å². The van der Waals surface area contributed by atoms with Crippen LogP contribution in [0.1, 0.15) is 33.6 Å². The predicted molar refractivity (Wildman–Crippen MR) is 73.3 cm³/mol. The molecule has 0 radical (unpaired) electrons. The third-order valence-corrected chi connectivity index (χ3v) is 4.28. The van der Waals surface area contributed by atoms with Crippen LogP contribution in [0.15, 0.2) is 0 Å². The van der Waals surface area contributed by atoms with E-state index >= 15 is 0 Å². The van der Waals surface area contributed by atoms with Gasteiger partial charge in [0.15, 0.2) is 0 Å². The Morgan fingerprint density at radius 3 is 2.18 bits per heavy atom. The fourth-order valence-corrected chi connectivity index (χ4v) is 2.86. The summed E-state index contributed by atoms with van der Waals surface area (Å²) >= 11 is 0. The van der Waals surface area contributed by atoms with E-state index < -0.39 is 0 Å². The molecule has 1 saturated carbocycles. The molecule has 1 N–H and O–H groups in total. The Bertz CT molecular complexity index is 238. The monoisotopic (exact) mass is 239 g/mol. The number of piperazine rings is 1. The van der Waals surface area contributed by atoms with Crippen molar-refractivity contribution < 1.29 is 0 Å². The first-order chi connectivity index (χ1) is 7.96. The SMILES string of the molecule is CN1CCN(C2CCC2CNC(C)(C)C)CC1. The van der Waals surface area contributed by atoms with Crippen LogP contribution in [0.4, 0.5) is 0 Å². The van der Waals surface area contributed by atoms with Crippen molar-refractivity contribution >= 4 is 0 Å². The fraction of sp³-hybridized carbons (Fsp3) is 1.00. The lowest BCUT2D eigenvalue weighted by Gasteiger charge is -2.48. The van der Waals surface area contributed by atoms with E-state index in [2.05, 4.69) is 42.9 Å². The van der Waals surface area contributed by atoms with Crippen LogP contribution in [-0.2, 0) is 0 Å². The summed E-state index contributed by atoms with van der Waals surface area (Å²) in [6.07, 6.45) is 2.83. The molecule has 1 saturated heterocycles. The average molecular weight is 239 g/mol. The highest BCUT2D eigenvalue weighted by molar-refractivity contribution is 4.92. The number of hydrogen-bond donors (Lipinski definition) is 1. The van der Waals surface area contributed by atoms with Crippen molar-refractivity contribution in [3.8, 4) is 0 Å². The number of nitrogens with zero attached hydrogens (tertiary/aromatic N) is 2. The van der Waals surface area contributed by atoms with Crippen molar-refractivity contribution in [3.05, 3.63) is 0 Å². The van der Waals surface area contributed by atoms with Gasteiger partial charge >= 0.3 is 0 Å². The maximum atomic E-state index is 3.66. The molecule has 0 aromatic carbocycles. The Hall–Kier alpha value is -0.120. The summed E-state index contributed by atoms with van der Waals surface area (Å²) in [6.45, 7) is 13.0. The van der Waals surface area contributed by atoms with Crippen molar-refractivity contribution in [2.45, 2.75) is 45.2 Å². The van der Waals surface area contributed by atoms with E-state index in [4.69, 9.17) is 0 Å². The first-order valence-electron chi connectivity index (χ1n) is 7.13. The quantitative estimate of drug-likeness (QED) is 0.803. The van der Waals surface area contributed by atoms with Gasteiger partial charge in [-0.15, -0.1) is 0 Å². The van der Waals surface area contributed by atoms with Gasteiger partial charge in [-0.25, -0.2) is 0 Å². The smallest absolute Gasteiger partial charge is 0.0137 e. The minimum Gasteiger partial charge on any atom is -0.312 e. The molecule has 2 unspecified atom stereocenters. The van der Waals surface area contributed by atoms with Crippen LogP contribution in [0, 0.1) is 5.92 Å². The van der Waals surface area contributed by atoms with Gasteiger partial charge in [0.25, 0.3) is 0 Å². The molecule has 1 aliphatic heterocycles. The average Bonchev–Trinajstić information content (AvgIpc) is 2.18. The fourth-order valence-electron chi connectivity index (χ4n) is 2.86. The summed E-state index contributed by atoms with van der Waals surface area (Å²) in [5, 5.41) is 3.66. The Balaban J connectivity index is 1.75. The summed E-state index contributed by atoms with van der Waals surface area (Å²) in [6, 6.07) is 0.860. The highest BCUT2D eigenvalue weighted by Gasteiger charge is 2.36. The van der Waals surface area contributed by atoms with E-state index in [1.165, 1.54) is 45.6 Å². The molecule has 2 atom stereocenters. The largest absolute Gasteiger partial charge is 0.312 e. The standard InChI is InChI=1S/C14H29N3/c1-14(2,3)15-11-12-5-6-13(12)17-9-7-16(4)8-10-17/h12-13,15H,5-11H2,1-4H3. The van der Waals surface area contributed by atoms with Gasteiger partial charge in [0.05, 0.1) is 0 Å². The molecule has 1 aliphatic carbocycles. The normalized spacial score (nSPS) is 32.5. The van der Waals surface area contributed by atoms with Gasteiger partial charge in [0.2, 0.25) is 0 Å². The van der Waals surface area contributed by atoms with Gasteiger partial charge in [-0.2, -0.15) is 0 Å². The van der Waals surface area contributed by atoms with Crippen molar-refractivity contribution in [1.29, 1.82) is 0 Å². The van der Waals surface area contributed by atoms with Crippen molar-refractivity contribution in [2.75, 3.05) is 39.8 Å². The van der Waals surface area contributed by atoms with Gasteiger partial charge < -0.3 is 10.2 Å². The molecule has 0 aromatic rings. The highest BCUT2D eigenvalue weighted by atomic mass is 15.3. The molecule has 0 spiro atoms. The lowest BCUT2D eigenvalue weighted by atomic mass is 9.77. The van der Waals surface area contributed by atoms with Crippen LogP contribution in [0.5, 0.6) is 0 Å². The molecule has 3 heteroatoms. The number of rotatable bonds is 3. The van der Waals surface area contributed by atoms with E-state index in [1.54, 1.807) is 0 Å². The Kier molecular flexibility index (Phi) is 4.11. The molecule has 100 valence electrons. The third-order valence-electron chi connectivity index (χ3n) is 4.28. The maximum absolute atomic E-state index is 3.66. The molecule has 3 nitrogen and oxygen atoms in total. The Morgan fingerprint density at radius 2 is 1.71 bits per heavy atom. The zero-order valence-corrected chi connectivity index (χ0v) is 12.0. The second-order valence-electron chi connectivity index (χ2n) is 6.87. The molecular weight excluding hydrogens is 210 g/mol. The highest BCUT2D eigenvalue weighted by Crippen LogP contribution is 2.32. The molecule has 2 aliphatic rings. The first-order valence-corrected chi connectivity index (χ1v) is 7.13. The van der Waals surface area contributed by atoms with Crippen LogP contribution in [0.3, 0.4) is 0 Å². The zero-order valence-electron chi connectivity index (χ0n) is 12.0. The van der Waals surface area contributed by atoms with Gasteiger partial charge in [-0.05, 0) is 53.1 Å². The lowest BCUT2D eigenvalue weighted by molar-refractivity contribution is 0.0251. The van der Waals surface area contributed by atoms with Crippen molar-refractivity contribution in [2.24, 2.45) is 5.92 Å². The van der Waals surface area contributed by atoms with Crippen LogP contribution in [0.25, 0.3) is 0 Å². The van der Waals surface area contributed by atoms with E-state index in [-0.39, 0.29) is 5.54 Å². The minimum atomic E-state index is 0.266. The van der Waals surface area contributed by atoms with Crippen LogP contribution in [-0.4, -0.2) is 61.2 Å². The number of likely N-dealkylation sites (N-methyl/N-ethyl adjacent to an activating group) is 1. The maximum Gasteiger partial charge on any atom is 0.0137 e. The molecule has 1 heterocycles. The van der Waals surface area contributed by atoms with Crippen molar-refractivity contribution in [3.63, 3.8) is 0 Å². The number of hydrogen-bond acceptors (Lipinski definition) is 3. The Morgan fingerprint density at radius 1 is 1.06 bits per heavy atom. The van der Waals surface area contributed by atoms with Crippen LogP contribution < -0.4 is 5.32 Å². The van der Waals surface area contributed by atoms with E-state index in [9.17, 15) is 0 Å². The van der Waals surface area contributed by atoms with Gasteiger partial charge in [-0.1, -0.05) is 0 Å². The van der Waals surface area contributed by atoms with Crippen LogP contribution >= 0.6 is 0 Å². The third kappa shape index (κ3) is 3.67. The summed E-state index contributed by atoms with van der Waals surface area (Å²) in [5.41, 5.74) is 0.266. The Labute approximate surface area is 107 Å². The summed E-state index contributed by atoms with van der Waals surface area (Å²) in [7, 11) is 2.23. The number of nitrogens with one attached hydrogen (secondary N) is 1. The topological polar surface area (TPSA) is 18.5 Å². The summed E-state index contributed by atoms with van der Waals surface area (Å²) in [4.78, 5) is 5.16. The first kappa shape index (κ1) is 13.3. The molecule has 0 aromatic heterocycles. The van der Waals surface area contributed by atoms with Crippen molar-refractivity contribution in [1.82, 2.24) is 15.1 Å². The molecule has 2 rings (SSSR count). The minimum absolute atomic E-state index is 0.266. The lowest BCUT2D eigenvalue weighted by Crippen LogP contribution is -2.57. The molecule has 17 heavy (non-hydrogen) atoms. The molecule has 2 fully saturated rings. The zero-order chi connectivity index (χ0) is 12.5. The summed E-state index contributed by atoms with van der Waals surface area (Å²) in [5.74, 6) is 0.887. The van der Waals surface area contributed by atoms with Gasteiger partial charge in [0.1, 0.15) is 0 Å².